The van der Waals surface area contributed by atoms with Crippen LogP contribution >= 0.6 is 0 Å². The summed E-state index contributed by atoms with van der Waals surface area (Å²) in [6.07, 6.45) is 0.0525. The lowest BCUT2D eigenvalue weighted by Crippen LogP contribution is -2.40. The zero-order chi connectivity index (χ0) is 14.3. The third-order valence-corrected chi connectivity index (χ3v) is 2.75. The number of carbonyl (C=O) groups excluding carboxylic acids is 2. The first-order chi connectivity index (χ1) is 9.04. The Morgan fingerprint density at radius 3 is 2.37 bits per heavy atom. The predicted molar refractivity (Wildman–Crippen MR) is 74.0 cm³/mol. The second-order valence-electron chi connectivity index (χ2n) is 4.87. The molecule has 0 aliphatic heterocycles. The van der Waals surface area contributed by atoms with Crippen molar-refractivity contribution in [3.05, 3.63) is 35.9 Å². The lowest BCUT2D eigenvalue weighted by Gasteiger charge is -2.18. The van der Waals surface area contributed by atoms with Crippen molar-refractivity contribution in [3.63, 3.8) is 0 Å². The molecule has 1 aromatic rings. The van der Waals surface area contributed by atoms with Crippen LogP contribution in [0.15, 0.2) is 30.3 Å². The fourth-order valence-corrected chi connectivity index (χ4v) is 1.69. The highest BCUT2D eigenvalue weighted by molar-refractivity contribution is 6.01. The highest BCUT2D eigenvalue weighted by atomic mass is 16.5. The highest BCUT2D eigenvalue weighted by Crippen LogP contribution is 2.07. The van der Waals surface area contributed by atoms with Crippen LogP contribution < -0.4 is 5.32 Å². The topological polar surface area (TPSA) is 55.4 Å². The Morgan fingerprint density at radius 1 is 1.21 bits per heavy atom. The van der Waals surface area contributed by atoms with Crippen LogP contribution in [-0.2, 0) is 9.53 Å². The summed E-state index contributed by atoms with van der Waals surface area (Å²) in [4.78, 5) is 23.7. The Labute approximate surface area is 114 Å². The second kappa shape index (κ2) is 7.69. The minimum Gasteiger partial charge on any atom is -0.469 e. The van der Waals surface area contributed by atoms with Crippen molar-refractivity contribution >= 4 is 11.8 Å². The molecule has 104 valence electrons. The first kappa shape index (κ1) is 15.4. The van der Waals surface area contributed by atoms with Crippen LogP contribution in [0.5, 0.6) is 0 Å². The largest absolute Gasteiger partial charge is 0.469 e. The Morgan fingerprint density at radius 2 is 1.84 bits per heavy atom. The smallest absolute Gasteiger partial charge is 0.307 e. The fourth-order valence-electron chi connectivity index (χ4n) is 1.69. The van der Waals surface area contributed by atoms with Gasteiger partial charge in [-0.1, -0.05) is 44.2 Å². The zero-order valence-electron chi connectivity index (χ0n) is 11.7. The summed E-state index contributed by atoms with van der Waals surface area (Å²) < 4.78 is 4.64. The molecule has 1 rings (SSSR count). The maximum atomic E-state index is 12.3. The summed E-state index contributed by atoms with van der Waals surface area (Å²) in [6, 6.07) is 8.45. The normalized spacial score (nSPS) is 12.2. The van der Waals surface area contributed by atoms with E-state index in [-0.39, 0.29) is 18.2 Å². The van der Waals surface area contributed by atoms with Crippen molar-refractivity contribution in [2.45, 2.75) is 26.3 Å². The van der Waals surface area contributed by atoms with Crippen molar-refractivity contribution in [3.8, 4) is 0 Å². The number of Topliss-reactive ketones (excluding diaryl/α,β-unsaturated/α-hetero) is 1. The van der Waals surface area contributed by atoms with Gasteiger partial charge in [0.05, 0.1) is 19.6 Å². The summed E-state index contributed by atoms with van der Waals surface area (Å²) in [5.41, 5.74) is 0.604. The minimum atomic E-state index is -0.530. The van der Waals surface area contributed by atoms with Gasteiger partial charge in [0.1, 0.15) is 0 Å². The maximum Gasteiger partial charge on any atom is 0.307 e. The van der Waals surface area contributed by atoms with E-state index in [0.717, 1.165) is 0 Å². The summed E-state index contributed by atoms with van der Waals surface area (Å²) in [5, 5.41) is 3.13. The first-order valence-electron chi connectivity index (χ1n) is 6.44. The predicted octanol–water partition coefficient (Wildman–Crippen LogP) is 2.05. The molecule has 0 fully saturated rings. The fraction of sp³-hybridized carbons (Fsp3) is 0.467. The number of ether oxygens (including phenoxy) is 1. The Bertz CT molecular complexity index is 415. The lowest BCUT2D eigenvalue weighted by atomic mass is 10.0. The number of carbonyl (C=O) groups is 2. The molecule has 4 heteroatoms. The summed E-state index contributed by atoms with van der Waals surface area (Å²) >= 11 is 0. The van der Waals surface area contributed by atoms with Crippen molar-refractivity contribution in [1.29, 1.82) is 0 Å². The van der Waals surface area contributed by atoms with Crippen LogP contribution in [-0.4, -0.2) is 31.4 Å². The van der Waals surface area contributed by atoms with E-state index in [1.54, 1.807) is 12.1 Å². The van der Waals surface area contributed by atoms with E-state index in [1.807, 2.05) is 18.2 Å². The Kier molecular flexibility index (Phi) is 6.22. The minimum absolute atomic E-state index is 0.0525. The number of methoxy groups -OCH3 is 1. The number of hydrogen-bond donors (Lipinski definition) is 1. The summed E-state index contributed by atoms with van der Waals surface area (Å²) in [7, 11) is 1.33. The van der Waals surface area contributed by atoms with Crippen LogP contribution in [0.1, 0.15) is 30.6 Å². The number of rotatable bonds is 7. The third kappa shape index (κ3) is 5.22. The Balaban J connectivity index is 2.77. The molecule has 1 aromatic carbocycles. The monoisotopic (exact) mass is 263 g/mol. The van der Waals surface area contributed by atoms with Gasteiger partial charge in [-0.15, -0.1) is 0 Å². The van der Waals surface area contributed by atoms with E-state index in [0.29, 0.717) is 18.0 Å². The van der Waals surface area contributed by atoms with Crippen molar-refractivity contribution in [1.82, 2.24) is 5.32 Å². The van der Waals surface area contributed by atoms with Crippen LogP contribution in [0.3, 0.4) is 0 Å². The highest BCUT2D eigenvalue weighted by Gasteiger charge is 2.23. The van der Waals surface area contributed by atoms with Crippen LogP contribution in [0.25, 0.3) is 0 Å². The molecule has 1 N–H and O–H groups in total. The molecule has 0 radical (unpaired) electrons. The molecule has 19 heavy (non-hydrogen) atoms. The van der Waals surface area contributed by atoms with Gasteiger partial charge in [-0.3, -0.25) is 9.59 Å². The molecule has 0 bridgehead atoms. The maximum absolute atomic E-state index is 12.3. The molecule has 0 saturated carbocycles. The van der Waals surface area contributed by atoms with Crippen molar-refractivity contribution in [2.24, 2.45) is 5.92 Å². The zero-order valence-corrected chi connectivity index (χ0v) is 11.7. The SMILES string of the molecule is COC(=O)CC(NCC(C)C)C(=O)c1ccccc1. The molecule has 0 heterocycles. The standard InChI is InChI=1S/C15H21NO3/c1-11(2)10-16-13(9-14(17)19-3)15(18)12-7-5-4-6-8-12/h4-8,11,13,16H,9-10H2,1-3H3. The van der Waals surface area contributed by atoms with E-state index in [2.05, 4.69) is 23.9 Å². The van der Waals surface area contributed by atoms with E-state index in [9.17, 15) is 9.59 Å². The van der Waals surface area contributed by atoms with E-state index in [1.165, 1.54) is 7.11 Å². The molecule has 0 aromatic heterocycles. The van der Waals surface area contributed by atoms with Gasteiger partial charge < -0.3 is 10.1 Å². The molecule has 0 amide bonds. The van der Waals surface area contributed by atoms with Gasteiger partial charge in [-0.25, -0.2) is 0 Å². The average Bonchev–Trinajstić information content (AvgIpc) is 2.43. The number of ketones is 1. The summed E-state index contributed by atoms with van der Waals surface area (Å²) in [6.45, 7) is 4.78. The first-order valence-corrected chi connectivity index (χ1v) is 6.44. The molecule has 0 saturated heterocycles. The van der Waals surface area contributed by atoms with E-state index >= 15 is 0 Å². The van der Waals surface area contributed by atoms with Gasteiger partial charge in [-0.05, 0) is 12.5 Å². The Hall–Kier alpha value is -1.68. The van der Waals surface area contributed by atoms with E-state index in [4.69, 9.17) is 0 Å². The van der Waals surface area contributed by atoms with Gasteiger partial charge >= 0.3 is 5.97 Å². The van der Waals surface area contributed by atoms with Crippen LogP contribution in [0.2, 0.25) is 0 Å². The number of esters is 1. The molecule has 0 aliphatic carbocycles. The van der Waals surface area contributed by atoms with Crippen molar-refractivity contribution < 1.29 is 14.3 Å². The number of nitrogens with one attached hydrogen (secondary N) is 1. The number of benzene rings is 1. The summed E-state index contributed by atoms with van der Waals surface area (Å²) in [5.74, 6) is -0.0547. The average molecular weight is 263 g/mol. The second-order valence-corrected chi connectivity index (χ2v) is 4.87. The van der Waals surface area contributed by atoms with Gasteiger partial charge in [0.15, 0.2) is 5.78 Å². The van der Waals surface area contributed by atoms with Crippen LogP contribution in [0.4, 0.5) is 0 Å². The molecule has 1 atom stereocenters. The van der Waals surface area contributed by atoms with Crippen molar-refractivity contribution in [2.75, 3.05) is 13.7 Å². The molecule has 0 aliphatic rings. The van der Waals surface area contributed by atoms with Gasteiger partial charge in [0.2, 0.25) is 0 Å². The lowest BCUT2D eigenvalue weighted by molar-refractivity contribution is -0.141. The van der Waals surface area contributed by atoms with Crippen LogP contribution in [0, 0.1) is 5.92 Å². The van der Waals surface area contributed by atoms with Gasteiger partial charge in [-0.2, -0.15) is 0 Å². The third-order valence-electron chi connectivity index (χ3n) is 2.75. The molecule has 4 nitrogen and oxygen atoms in total. The molecular weight excluding hydrogens is 242 g/mol. The van der Waals surface area contributed by atoms with E-state index < -0.39 is 6.04 Å². The quantitative estimate of drug-likeness (QED) is 0.604. The van der Waals surface area contributed by atoms with Gasteiger partial charge in [0.25, 0.3) is 0 Å². The van der Waals surface area contributed by atoms with Gasteiger partial charge in [0, 0.05) is 5.56 Å². The molecule has 1 unspecified atom stereocenters. The molecular formula is C15H21NO3. The number of hydrogen-bond acceptors (Lipinski definition) is 4. The molecule has 0 spiro atoms.